The predicted molar refractivity (Wildman–Crippen MR) is 85.2 cm³/mol. The third kappa shape index (κ3) is 2.30. The van der Waals surface area contributed by atoms with E-state index in [1.165, 1.54) is 27.3 Å². The van der Waals surface area contributed by atoms with Gasteiger partial charge in [-0.1, -0.05) is 18.2 Å². The Morgan fingerprint density at radius 2 is 2.36 bits per heavy atom. The van der Waals surface area contributed by atoms with Crippen LogP contribution in [0.25, 0.3) is 10.9 Å². The van der Waals surface area contributed by atoms with Crippen LogP contribution in [0.4, 0.5) is 0 Å². The minimum absolute atomic E-state index is 0.447. The summed E-state index contributed by atoms with van der Waals surface area (Å²) in [5, 5.41) is 17.4. The van der Waals surface area contributed by atoms with Crippen LogP contribution in [0.3, 0.4) is 0 Å². The molecule has 0 atom stereocenters. The lowest BCUT2D eigenvalue weighted by molar-refractivity contribution is 0.0702. The third-order valence-corrected chi connectivity index (χ3v) is 5.28. The summed E-state index contributed by atoms with van der Waals surface area (Å²) in [7, 11) is 0. The average molecular weight is 313 g/mol. The molecule has 3 heterocycles. The van der Waals surface area contributed by atoms with Crippen molar-refractivity contribution < 1.29 is 9.90 Å². The Bertz CT molecular complexity index is 852. The molecule has 3 aromatic rings. The lowest BCUT2D eigenvalue weighted by atomic mass is 10.1. The van der Waals surface area contributed by atoms with Gasteiger partial charge >= 0.3 is 5.97 Å². The Labute approximate surface area is 131 Å². The zero-order valence-corrected chi connectivity index (χ0v) is 12.7. The van der Waals surface area contributed by atoms with E-state index in [1.807, 2.05) is 12.3 Å². The van der Waals surface area contributed by atoms with Gasteiger partial charge in [0.1, 0.15) is 4.88 Å². The molecule has 4 rings (SSSR count). The van der Waals surface area contributed by atoms with Crippen molar-refractivity contribution in [3.8, 4) is 0 Å². The van der Waals surface area contributed by atoms with E-state index in [2.05, 4.69) is 33.3 Å². The number of benzene rings is 1. The molecule has 1 aliphatic rings. The fourth-order valence-electron chi connectivity index (χ4n) is 3.02. The van der Waals surface area contributed by atoms with Crippen molar-refractivity contribution in [1.82, 2.24) is 15.1 Å². The first kappa shape index (κ1) is 13.5. The van der Waals surface area contributed by atoms with Gasteiger partial charge in [0, 0.05) is 29.9 Å². The van der Waals surface area contributed by atoms with E-state index < -0.39 is 5.97 Å². The highest BCUT2D eigenvalue weighted by atomic mass is 32.1. The number of fused-ring (bicyclic) bond motifs is 2. The quantitative estimate of drug-likeness (QED) is 0.780. The Kier molecular flexibility index (Phi) is 3.20. The Balaban J connectivity index is 1.57. The van der Waals surface area contributed by atoms with Crippen LogP contribution >= 0.6 is 11.3 Å². The summed E-state index contributed by atoms with van der Waals surface area (Å²) in [6.45, 7) is 2.62. The second-order valence-electron chi connectivity index (χ2n) is 5.58. The second kappa shape index (κ2) is 5.23. The van der Waals surface area contributed by atoms with E-state index in [0.717, 1.165) is 37.0 Å². The number of carboxylic acids is 1. The lowest BCUT2D eigenvalue weighted by Gasteiger charge is -2.26. The van der Waals surface area contributed by atoms with Crippen LogP contribution in [0.1, 0.15) is 25.7 Å². The highest BCUT2D eigenvalue weighted by Gasteiger charge is 2.21. The highest BCUT2D eigenvalue weighted by Crippen LogP contribution is 2.29. The van der Waals surface area contributed by atoms with E-state index in [9.17, 15) is 4.79 Å². The van der Waals surface area contributed by atoms with Crippen LogP contribution in [0.2, 0.25) is 0 Å². The van der Waals surface area contributed by atoms with Crippen LogP contribution in [0, 0.1) is 0 Å². The van der Waals surface area contributed by atoms with Crippen molar-refractivity contribution in [2.24, 2.45) is 0 Å². The van der Waals surface area contributed by atoms with Crippen LogP contribution < -0.4 is 0 Å². The minimum atomic E-state index is -0.826. The van der Waals surface area contributed by atoms with Crippen molar-refractivity contribution in [3.05, 3.63) is 51.3 Å². The van der Waals surface area contributed by atoms with Gasteiger partial charge in [-0.15, -0.1) is 11.3 Å². The molecule has 0 bridgehead atoms. The van der Waals surface area contributed by atoms with Crippen molar-refractivity contribution in [2.45, 2.75) is 19.5 Å². The van der Waals surface area contributed by atoms with Crippen LogP contribution in [-0.4, -0.2) is 32.7 Å². The topological polar surface area (TPSA) is 69.2 Å². The molecular weight excluding hydrogens is 298 g/mol. The number of nitrogens with zero attached hydrogens (tertiary/aromatic N) is 2. The number of H-pyrrole nitrogens is 1. The maximum Gasteiger partial charge on any atom is 0.345 e. The maximum atomic E-state index is 11.1. The molecule has 0 amide bonds. The van der Waals surface area contributed by atoms with E-state index in [0.29, 0.717) is 4.88 Å². The number of thiophene rings is 1. The molecule has 0 unspecified atom stereocenters. The average Bonchev–Trinajstić information content (AvgIpc) is 3.13. The van der Waals surface area contributed by atoms with Gasteiger partial charge in [-0.2, -0.15) is 5.10 Å². The highest BCUT2D eigenvalue weighted by molar-refractivity contribution is 7.14. The lowest BCUT2D eigenvalue weighted by Crippen LogP contribution is -2.29. The van der Waals surface area contributed by atoms with Crippen molar-refractivity contribution >= 4 is 28.2 Å². The summed E-state index contributed by atoms with van der Waals surface area (Å²) in [5.74, 6) is -0.826. The number of aromatic amines is 1. The normalized spacial score (nSPS) is 15.1. The number of para-hydroxylation sites is 1. The number of nitrogens with one attached hydrogen (secondary N) is 1. The Morgan fingerprint density at radius 3 is 3.23 bits per heavy atom. The molecule has 2 N–H and O–H groups in total. The van der Waals surface area contributed by atoms with Gasteiger partial charge in [-0.05, 0) is 23.6 Å². The number of carbonyl (C=O) groups is 1. The summed E-state index contributed by atoms with van der Waals surface area (Å²) >= 11 is 1.40. The minimum Gasteiger partial charge on any atom is -0.477 e. The number of aromatic carboxylic acids is 1. The zero-order chi connectivity index (χ0) is 15.1. The van der Waals surface area contributed by atoms with Gasteiger partial charge in [0.25, 0.3) is 0 Å². The molecule has 2 aromatic heterocycles. The molecule has 0 radical (unpaired) electrons. The molecule has 1 aliphatic heterocycles. The number of aromatic nitrogens is 2. The molecule has 0 saturated heterocycles. The summed E-state index contributed by atoms with van der Waals surface area (Å²) in [5.41, 5.74) is 3.51. The van der Waals surface area contributed by atoms with Crippen molar-refractivity contribution in [3.63, 3.8) is 0 Å². The molecule has 0 spiro atoms. The first-order valence-corrected chi connectivity index (χ1v) is 8.00. The molecule has 5 nitrogen and oxygen atoms in total. The molecular formula is C16H15N3O2S. The standard InChI is InChI=1S/C16H15N3O2S/c20-16(21)13-6-10-4-5-19(9-14(10)22-13)8-12-3-1-2-11-7-17-18-15(11)12/h1-3,6-7H,4-5,8-9H2,(H,17,18)(H,20,21). The molecule has 1 aromatic carbocycles. The molecule has 0 fully saturated rings. The van der Waals surface area contributed by atoms with Gasteiger partial charge in [0.2, 0.25) is 0 Å². The fraction of sp³-hybridized carbons (Fsp3) is 0.250. The number of rotatable bonds is 3. The molecule has 0 saturated carbocycles. The monoisotopic (exact) mass is 313 g/mol. The van der Waals surface area contributed by atoms with E-state index in [4.69, 9.17) is 5.11 Å². The molecule has 0 aliphatic carbocycles. The third-order valence-electron chi connectivity index (χ3n) is 4.13. The molecule has 112 valence electrons. The van der Waals surface area contributed by atoms with E-state index in [1.54, 1.807) is 0 Å². The van der Waals surface area contributed by atoms with Gasteiger partial charge in [0.15, 0.2) is 0 Å². The van der Waals surface area contributed by atoms with Crippen molar-refractivity contribution in [2.75, 3.05) is 6.54 Å². The van der Waals surface area contributed by atoms with Gasteiger partial charge in [-0.3, -0.25) is 10.00 Å². The van der Waals surface area contributed by atoms with E-state index in [-0.39, 0.29) is 0 Å². The largest absolute Gasteiger partial charge is 0.477 e. The predicted octanol–water partition coefficient (Wildman–Crippen LogP) is 2.88. The summed E-state index contributed by atoms with van der Waals surface area (Å²) < 4.78 is 0. The second-order valence-corrected chi connectivity index (χ2v) is 6.71. The van der Waals surface area contributed by atoms with Crippen LogP contribution in [0.5, 0.6) is 0 Å². The van der Waals surface area contributed by atoms with Gasteiger partial charge < -0.3 is 5.11 Å². The van der Waals surface area contributed by atoms with Gasteiger partial charge in [0.05, 0.1) is 11.7 Å². The maximum absolute atomic E-state index is 11.1. The number of carboxylic acid groups (broad SMARTS) is 1. The first-order chi connectivity index (χ1) is 10.7. The van der Waals surface area contributed by atoms with Crippen LogP contribution in [-0.2, 0) is 19.5 Å². The Hall–Kier alpha value is -2.18. The number of hydrogen-bond donors (Lipinski definition) is 2. The molecule has 22 heavy (non-hydrogen) atoms. The molecule has 6 heteroatoms. The van der Waals surface area contributed by atoms with Crippen molar-refractivity contribution in [1.29, 1.82) is 0 Å². The smallest absolute Gasteiger partial charge is 0.345 e. The summed E-state index contributed by atoms with van der Waals surface area (Å²) in [6.07, 6.45) is 2.75. The first-order valence-electron chi connectivity index (χ1n) is 7.19. The SMILES string of the molecule is O=C(O)c1cc2c(s1)CN(Cc1cccc3cn[nH]c13)CC2. The number of hydrogen-bond acceptors (Lipinski definition) is 4. The fourth-order valence-corrected chi connectivity index (χ4v) is 4.11. The van der Waals surface area contributed by atoms with E-state index >= 15 is 0 Å². The summed E-state index contributed by atoms with van der Waals surface area (Å²) in [6, 6.07) is 8.05. The van der Waals surface area contributed by atoms with Gasteiger partial charge in [-0.25, -0.2) is 4.79 Å². The summed E-state index contributed by atoms with van der Waals surface area (Å²) in [4.78, 5) is 15.1. The van der Waals surface area contributed by atoms with Crippen LogP contribution in [0.15, 0.2) is 30.5 Å². The zero-order valence-electron chi connectivity index (χ0n) is 11.9. The Morgan fingerprint density at radius 1 is 1.45 bits per heavy atom.